The van der Waals surface area contributed by atoms with Gasteiger partial charge in [0.1, 0.15) is 29.2 Å². The molecule has 0 aromatic heterocycles. The van der Waals surface area contributed by atoms with Crippen molar-refractivity contribution >= 4 is 0 Å². The van der Waals surface area contributed by atoms with Crippen LogP contribution in [0.3, 0.4) is 0 Å². The molecule has 3 fully saturated rings. The van der Waals surface area contributed by atoms with Crippen LogP contribution < -0.4 is 4.74 Å². The number of benzene rings is 1. The number of likely N-dealkylation sites (tertiary alicyclic amines) is 1. The number of hydrogen-bond donors (Lipinski definition) is 2. The molecule has 4 heteroatoms. The number of likely N-dealkylation sites (N-methyl/N-ethyl adjacent to an activating group) is 1. The van der Waals surface area contributed by atoms with Gasteiger partial charge in [-0.3, -0.25) is 0 Å². The van der Waals surface area contributed by atoms with E-state index in [1.54, 1.807) is 6.07 Å². The summed E-state index contributed by atoms with van der Waals surface area (Å²) in [7, 11) is 2.34. The van der Waals surface area contributed by atoms with E-state index in [9.17, 15) is 10.2 Å². The fourth-order valence-electron chi connectivity index (χ4n) is 7.08. The van der Waals surface area contributed by atoms with Gasteiger partial charge in [0.2, 0.25) is 0 Å². The zero-order valence-corrected chi connectivity index (χ0v) is 15.5. The zero-order valence-electron chi connectivity index (χ0n) is 15.5. The highest BCUT2D eigenvalue weighted by atomic mass is 16.5. The first-order valence-electron chi connectivity index (χ1n) is 10.2. The number of aliphatic hydroxyl groups is 1. The lowest BCUT2D eigenvalue weighted by Gasteiger charge is -2.65. The molecule has 1 unspecified atom stereocenters. The Morgan fingerprint density at radius 2 is 2.12 bits per heavy atom. The first-order valence-corrected chi connectivity index (χ1v) is 10.2. The van der Waals surface area contributed by atoms with Gasteiger partial charge in [-0.2, -0.15) is 0 Å². The van der Waals surface area contributed by atoms with Gasteiger partial charge in [-0.1, -0.05) is 6.58 Å². The van der Waals surface area contributed by atoms with Crippen LogP contribution in [0.5, 0.6) is 11.5 Å². The second-order valence-electron chi connectivity index (χ2n) is 9.79. The van der Waals surface area contributed by atoms with Gasteiger partial charge in [0.15, 0.2) is 0 Å². The van der Waals surface area contributed by atoms with E-state index < -0.39 is 11.0 Å². The monoisotopic (exact) mass is 354 g/mol. The van der Waals surface area contributed by atoms with Crippen molar-refractivity contribution in [1.82, 2.24) is 0 Å². The summed E-state index contributed by atoms with van der Waals surface area (Å²) in [5, 5.41) is 23.0. The highest BCUT2D eigenvalue weighted by Crippen LogP contribution is 2.66. The smallest absolute Gasteiger partial charge is 0.133 e. The normalized spacial score (nSPS) is 45.2. The Bertz CT molecular complexity index is 846. The van der Waals surface area contributed by atoms with Crippen molar-refractivity contribution in [2.24, 2.45) is 5.92 Å². The van der Waals surface area contributed by atoms with Crippen LogP contribution in [0.25, 0.3) is 0 Å². The summed E-state index contributed by atoms with van der Waals surface area (Å²) in [6.07, 6.45) is 5.78. The van der Waals surface area contributed by atoms with Gasteiger partial charge in [0, 0.05) is 29.9 Å². The Morgan fingerprint density at radius 1 is 1.31 bits per heavy atom. The van der Waals surface area contributed by atoms with Crippen molar-refractivity contribution in [2.75, 3.05) is 20.1 Å². The minimum absolute atomic E-state index is 0.128. The first kappa shape index (κ1) is 15.5. The molecule has 1 aromatic carbocycles. The Balaban J connectivity index is 1.61. The number of rotatable bonds is 2. The zero-order chi connectivity index (χ0) is 17.9. The Hall–Kier alpha value is -1.52. The molecule has 5 atom stereocenters. The molecule has 6 rings (SSSR count). The lowest BCUT2D eigenvalue weighted by atomic mass is 9.48. The van der Waals surface area contributed by atoms with Gasteiger partial charge in [0.25, 0.3) is 0 Å². The maximum absolute atomic E-state index is 12.3. The van der Waals surface area contributed by atoms with Crippen LogP contribution in [0.1, 0.15) is 43.2 Å². The molecular weight excluding hydrogens is 326 g/mol. The van der Waals surface area contributed by atoms with E-state index in [-0.39, 0.29) is 12.1 Å². The minimum atomic E-state index is -0.771. The molecular formula is C22H28NO3+. The molecule has 26 heavy (non-hydrogen) atoms. The van der Waals surface area contributed by atoms with E-state index in [4.69, 9.17) is 4.74 Å². The van der Waals surface area contributed by atoms with E-state index in [0.29, 0.717) is 5.75 Å². The van der Waals surface area contributed by atoms with E-state index in [2.05, 4.69) is 13.6 Å². The van der Waals surface area contributed by atoms with Gasteiger partial charge in [-0.05, 0) is 43.4 Å². The highest BCUT2D eigenvalue weighted by Gasteiger charge is 2.75. The summed E-state index contributed by atoms with van der Waals surface area (Å²) in [5.74, 6) is 2.05. The average molecular weight is 354 g/mol. The summed E-state index contributed by atoms with van der Waals surface area (Å²) in [6, 6.07) is 3.79. The van der Waals surface area contributed by atoms with Crippen molar-refractivity contribution in [3.8, 4) is 11.5 Å². The topological polar surface area (TPSA) is 49.7 Å². The molecule has 2 bridgehead atoms. The van der Waals surface area contributed by atoms with Crippen molar-refractivity contribution in [3.05, 3.63) is 35.4 Å². The number of phenolic OH excluding ortho intramolecular Hbond substituents is 1. The van der Waals surface area contributed by atoms with Gasteiger partial charge in [-0.15, -0.1) is 0 Å². The Morgan fingerprint density at radius 3 is 2.88 bits per heavy atom. The van der Waals surface area contributed by atoms with Crippen molar-refractivity contribution in [3.63, 3.8) is 0 Å². The second kappa shape index (κ2) is 4.48. The third kappa shape index (κ3) is 1.56. The number of nitrogens with zero attached hydrogens (tertiary/aromatic N) is 1. The largest absolute Gasteiger partial charge is 0.508 e. The van der Waals surface area contributed by atoms with Crippen LogP contribution in [0.4, 0.5) is 0 Å². The van der Waals surface area contributed by atoms with Crippen LogP contribution in [0.15, 0.2) is 24.3 Å². The molecule has 0 radical (unpaired) electrons. The second-order valence-corrected chi connectivity index (χ2v) is 9.79. The number of piperidine rings is 1. The molecule has 2 N–H and O–H groups in total. The van der Waals surface area contributed by atoms with E-state index in [1.165, 1.54) is 12.8 Å². The van der Waals surface area contributed by atoms with Crippen LogP contribution in [-0.2, 0) is 11.8 Å². The van der Waals surface area contributed by atoms with Gasteiger partial charge in [0.05, 0.1) is 25.6 Å². The Labute approximate surface area is 154 Å². The van der Waals surface area contributed by atoms with Gasteiger partial charge < -0.3 is 19.4 Å². The molecule has 1 aromatic rings. The standard InChI is InChI=1S/C22H27NO3/c1-13-7-8-22(25)18-11-15-16(24)5-6-17-19(15)21(22,20(13)26-17)9-10-23(18,2)12-14-3-4-14/h5-6,14,18,20,25H,1,3-4,7-12H2,2H3/p+1/t18-,20?,21+,22+,23+/m0/s1. The number of aromatic hydroxyl groups is 1. The third-order valence-corrected chi connectivity index (χ3v) is 8.45. The van der Waals surface area contributed by atoms with Crippen molar-refractivity contribution < 1.29 is 19.4 Å². The minimum Gasteiger partial charge on any atom is -0.508 e. The molecule has 4 nitrogen and oxygen atoms in total. The summed E-state index contributed by atoms with van der Waals surface area (Å²) >= 11 is 0. The van der Waals surface area contributed by atoms with Crippen LogP contribution in [-0.4, -0.2) is 52.6 Å². The van der Waals surface area contributed by atoms with Gasteiger partial charge in [-0.25, -0.2) is 0 Å². The van der Waals surface area contributed by atoms with Crippen LogP contribution in [0, 0.1) is 5.92 Å². The predicted octanol–water partition coefficient (Wildman–Crippen LogP) is 2.66. The van der Waals surface area contributed by atoms with E-state index in [1.807, 2.05) is 6.07 Å². The first-order chi connectivity index (χ1) is 12.4. The number of hydrogen-bond acceptors (Lipinski definition) is 3. The number of quaternary nitrogens is 1. The Kier molecular flexibility index (Phi) is 2.67. The molecule has 3 aliphatic carbocycles. The average Bonchev–Trinajstić information content (AvgIpc) is 3.33. The number of phenols is 1. The fraction of sp³-hybridized carbons (Fsp3) is 0.636. The molecule has 138 valence electrons. The van der Waals surface area contributed by atoms with Crippen molar-refractivity contribution in [1.29, 1.82) is 0 Å². The summed E-state index contributed by atoms with van der Waals surface area (Å²) in [4.78, 5) is 0. The molecule has 2 aliphatic heterocycles. The summed E-state index contributed by atoms with van der Waals surface area (Å²) in [6.45, 7) is 6.55. The van der Waals surface area contributed by atoms with E-state index in [0.717, 1.165) is 71.6 Å². The molecule has 2 saturated carbocycles. The summed E-state index contributed by atoms with van der Waals surface area (Å²) < 4.78 is 7.33. The molecule has 0 amide bonds. The molecule has 1 saturated heterocycles. The quantitative estimate of drug-likeness (QED) is 0.634. The maximum atomic E-state index is 12.3. The van der Waals surface area contributed by atoms with E-state index >= 15 is 0 Å². The van der Waals surface area contributed by atoms with Crippen LogP contribution in [0.2, 0.25) is 0 Å². The maximum Gasteiger partial charge on any atom is 0.133 e. The van der Waals surface area contributed by atoms with Crippen molar-refractivity contribution in [2.45, 2.75) is 61.7 Å². The third-order valence-electron chi connectivity index (χ3n) is 8.45. The highest BCUT2D eigenvalue weighted by molar-refractivity contribution is 5.62. The molecule has 5 aliphatic rings. The SMILES string of the molecule is C=C1CC[C@@]2(O)[C@@H]3Cc4c(O)ccc5c4[C@]2(CC[N@+]3(C)CC2CC2)C1O5. The molecule has 1 spiro atoms. The van der Waals surface area contributed by atoms with Crippen LogP contribution >= 0.6 is 0 Å². The summed E-state index contributed by atoms with van der Waals surface area (Å²) in [5.41, 5.74) is 2.03. The lowest BCUT2D eigenvalue weighted by Crippen LogP contribution is -2.80. The number of ether oxygens (including phenoxy) is 1. The lowest BCUT2D eigenvalue weighted by molar-refractivity contribution is -0.950. The predicted molar refractivity (Wildman–Crippen MR) is 98.3 cm³/mol. The van der Waals surface area contributed by atoms with Gasteiger partial charge >= 0.3 is 0 Å². The fourth-order valence-corrected chi connectivity index (χ4v) is 7.08. The molecule has 2 heterocycles.